The lowest BCUT2D eigenvalue weighted by molar-refractivity contribution is -0.164. The van der Waals surface area contributed by atoms with E-state index in [0.29, 0.717) is 25.8 Å². The van der Waals surface area contributed by atoms with Crippen LogP contribution in [0, 0.1) is 11.8 Å². The highest BCUT2D eigenvalue weighted by atomic mass is 16.6. The number of aliphatic hydroxyl groups is 1. The van der Waals surface area contributed by atoms with E-state index >= 15 is 0 Å². The van der Waals surface area contributed by atoms with E-state index < -0.39 is 47.7 Å². The molecule has 1 spiro atoms. The van der Waals surface area contributed by atoms with Gasteiger partial charge in [-0.3, -0.25) is 19.2 Å². The van der Waals surface area contributed by atoms with Crippen LogP contribution in [0.4, 0.5) is 0 Å². The van der Waals surface area contributed by atoms with E-state index in [4.69, 9.17) is 9.47 Å². The van der Waals surface area contributed by atoms with Gasteiger partial charge >= 0.3 is 5.97 Å². The number of carbonyl (C=O) groups is 4. The molecule has 3 saturated heterocycles. The number of allylic oxidation sites excluding steroid dienone is 1. The number of hydrogen-bond acceptors (Lipinski definition) is 7. The molecule has 5 rings (SSSR count). The lowest BCUT2D eigenvalue weighted by Crippen LogP contribution is -2.58. The number of likely N-dealkylation sites (tertiary alicyclic amines) is 1. The van der Waals surface area contributed by atoms with Crippen molar-refractivity contribution in [3.63, 3.8) is 0 Å². The Balaban J connectivity index is 1.44. The van der Waals surface area contributed by atoms with Crippen molar-refractivity contribution in [1.29, 1.82) is 0 Å². The minimum Gasteiger partial charge on any atom is -0.455 e. The Hall–Kier alpha value is -3.50. The van der Waals surface area contributed by atoms with Crippen LogP contribution in [-0.4, -0.2) is 100 Å². The molecule has 0 unspecified atom stereocenters. The number of fused-ring (bicyclic) bond motifs is 1. The van der Waals surface area contributed by atoms with Gasteiger partial charge in [0.2, 0.25) is 17.7 Å². The number of likely N-dealkylation sites (N-methyl/N-ethyl adjacent to an activating group) is 1. The minimum absolute atomic E-state index is 0.0306. The molecule has 1 saturated carbocycles. The number of benzene rings is 1. The summed E-state index contributed by atoms with van der Waals surface area (Å²) in [5.41, 5.74) is -0.456. The number of aliphatic hydroxyl groups excluding tert-OH is 1. The van der Waals surface area contributed by atoms with Gasteiger partial charge in [0.15, 0.2) is 0 Å². The maximum absolute atomic E-state index is 14.5. The van der Waals surface area contributed by atoms with Crippen molar-refractivity contribution in [2.24, 2.45) is 11.8 Å². The average molecular weight is 636 g/mol. The zero-order valence-electron chi connectivity index (χ0n) is 27.2. The molecule has 1 aromatic carbocycles. The molecule has 3 aliphatic heterocycles. The van der Waals surface area contributed by atoms with Crippen molar-refractivity contribution >= 4 is 23.7 Å². The molecular weight excluding hydrogens is 586 g/mol. The number of carbonyl (C=O) groups excluding carboxylic acids is 4. The van der Waals surface area contributed by atoms with E-state index in [1.165, 1.54) is 4.90 Å². The monoisotopic (exact) mass is 635 g/mol. The van der Waals surface area contributed by atoms with Crippen molar-refractivity contribution < 1.29 is 33.8 Å². The van der Waals surface area contributed by atoms with Gasteiger partial charge in [-0.1, -0.05) is 61.7 Å². The Labute approximate surface area is 272 Å². The second-order valence-corrected chi connectivity index (χ2v) is 13.2. The van der Waals surface area contributed by atoms with E-state index in [0.717, 1.165) is 37.7 Å². The van der Waals surface area contributed by atoms with Crippen molar-refractivity contribution in [3.8, 4) is 0 Å². The molecule has 0 aromatic heterocycles. The molecule has 250 valence electrons. The van der Waals surface area contributed by atoms with E-state index in [2.05, 4.69) is 13.2 Å². The molecule has 1 N–H and O–H groups in total. The van der Waals surface area contributed by atoms with Gasteiger partial charge in [0, 0.05) is 32.6 Å². The number of hydrogen-bond donors (Lipinski definition) is 1. The summed E-state index contributed by atoms with van der Waals surface area (Å²) in [6.07, 6.45) is 8.81. The molecule has 1 aliphatic carbocycles. The minimum atomic E-state index is -1.18. The second kappa shape index (κ2) is 14.5. The number of amides is 3. The van der Waals surface area contributed by atoms with Gasteiger partial charge in [-0.25, -0.2) is 0 Å². The number of ether oxygens (including phenoxy) is 2. The second-order valence-electron chi connectivity index (χ2n) is 13.2. The van der Waals surface area contributed by atoms with Crippen LogP contribution in [0.15, 0.2) is 55.6 Å². The highest BCUT2D eigenvalue weighted by Gasteiger charge is 2.75. The number of β-amino-alcohol motifs (C(OH)–C–C–N with tert-alkyl or cyclic N) is 1. The van der Waals surface area contributed by atoms with E-state index in [1.54, 1.807) is 24.1 Å². The van der Waals surface area contributed by atoms with Gasteiger partial charge in [-0.2, -0.15) is 0 Å². The maximum atomic E-state index is 14.5. The fourth-order valence-corrected chi connectivity index (χ4v) is 8.28. The third kappa shape index (κ3) is 6.13. The van der Waals surface area contributed by atoms with Gasteiger partial charge in [0.25, 0.3) is 0 Å². The van der Waals surface area contributed by atoms with E-state index in [9.17, 15) is 24.3 Å². The molecular formula is C36H49N3O7. The third-order valence-corrected chi connectivity index (χ3v) is 10.6. The molecule has 3 heterocycles. The summed E-state index contributed by atoms with van der Waals surface area (Å²) in [5.74, 6) is -3.07. The standard InChI is InChI=1S/C36H49N3O7/c1-5-7-18-28(41)37(4)24(3)31(25-14-10-8-11-15-25)45-35(44)29-27-19-20-36(46-27)30(29)33(42)39(22-23-40)32(36)34(43)38(21-6-2)26-16-12-9-13-17-26/h5-6,8,10-11,14-15,24,26-27,29-32,40H,1-2,7,9,12-13,16-23H2,3-4H3/t24-,27-,29+,30+,31+,32-,36+/m0/s1. The fourth-order valence-electron chi connectivity index (χ4n) is 8.28. The molecule has 2 bridgehead atoms. The molecule has 46 heavy (non-hydrogen) atoms. The van der Waals surface area contributed by atoms with Crippen molar-refractivity contribution in [3.05, 3.63) is 61.2 Å². The van der Waals surface area contributed by atoms with Gasteiger partial charge in [-0.15, -0.1) is 13.2 Å². The van der Waals surface area contributed by atoms with Crippen molar-refractivity contribution in [2.75, 3.05) is 26.7 Å². The van der Waals surface area contributed by atoms with Gasteiger partial charge < -0.3 is 29.3 Å². The number of esters is 1. The first-order chi connectivity index (χ1) is 22.2. The molecule has 7 atom stereocenters. The molecule has 10 heteroatoms. The van der Waals surface area contributed by atoms with E-state index in [-0.39, 0.29) is 43.3 Å². The van der Waals surface area contributed by atoms with Crippen molar-refractivity contribution in [1.82, 2.24) is 14.7 Å². The topological polar surface area (TPSA) is 117 Å². The SMILES string of the molecule is C=CCCC(=O)N(C)[C@@H](C)[C@@H](OC(=O)[C@@H]1[C@@H]2CC[C@]3(O2)[C@H](C(=O)N(CC=C)C2CCCCC2)N(CCO)C(=O)[C@@H]13)c1ccccc1. The van der Waals surface area contributed by atoms with Gasteiger partial charge in [0.05, 0.1) is 30.6 Å². The lowest BCUT2D eigenvalue weighted by atomic mass is 9.70. The zero-order chi connectivity index (χ0) is 33.0. The van der Waals surface area contributed by atoms with Gasteiger partial charge in [-0.05, 0) is 44.6 Å². The molecule has 4 aliphatic rings. The normalized spacial score (nSPS) is 28.3. The largest absolute Gasteiger partial charge is 0.455 e. The molecule has 10 nitrogen and oxygen atoms in total. The summed E-state index contributed by atoms with van der Waals surface area (Å²) in [6.45, 7) is 9.44. The summed E-state index contributed by atoms with van der Waals surface area (Å²) < 4.78 is 12.9. The van der Waals surface area contributed by atoms with Crippen LogP contribution >= 0.6 is 0 Å². The van der Waals surface area contributed by atoms with Gasteiger partial charge in [0.1, 0.15) is 17.7 Å². The Bertz CT molecular complexity index is 1300. The van der Waals surface area contributed by atoms with Crippen LogP contribution in [-0.2, 0) is 28.7 Å². The highest BCUT2D eigenvalue weighted by Crippen LogP contribution is 2.59. The fraction of sp³-hybridized carbons (Fsp3) is 0.611. The maximum Gasteiger partial charge on any atom is 0.313 e. The lowest BCUT2D eigenvalue weighted by Gasteiger charge is -2.40. The summed E-state index contributed by atoms with van der Waals surface area (Å²) in [7, 11) is 1.69. The van der Waals surface area contributed by atoms with Crippen LogP contribution in [0.5, 0.6) is 0 Å². The Morgan fingerprint density at radius 3 is 2.50 bits per heavy atom. The number of rotatable bonds is 14. The van der Waals surface area contributed by atoms with Crippen LogP contribution in [0.25, 0.3) is 0 Å². The smallest absolute Gasteiger partial charge is 0.313 e. The zero-order valence-corrected chi connectivity index (χ0v) is 27.2. The Morgan fingerprint density at radius 2 is 1.85 bits per heavy atom. The summed E-state index contributed by atoms with van der Waals surface area (Å²) >= 11 is 0. The first-order valence-electron chi connectivity index (χ1n) is 16.8. The van der Waals surface area contributed by atoms with Crippen LogP contribution in [0.1, 0.15) is 76.4 Å². The molecule has 1 aromatic rings. The third-order valence-electron chi connectivity index (χ3n) is 10.6. The summed E-state index contributed by atoms with van der Waals surface area (Å²) in [6, 6.07) is 7.87. The van der Waals surface area contributed by atoms with E-state index in [1.807, 2.05) is 42.2 Å². The van der Waals surface area contributed by atoms with Crippen molar-refractivity contribution in [2.45, 2.75) is 101 Å². The summed E-state index contributed by atoms with van der Waals surface area (Å²) in [5, 5.41) is 9.99. The molecule has 0 radical (unpaired) electrons. The quantitative estimate of drug-likeness (QED) is 0.244. The molecule has 4 fully saturated rings. The summed E-state index contributed by atoms with van der Waals surface area (Å²) in [4.78, 5) is 60.8. The van der Waals surface area contributed by atoms with Crippen LogP contribution in [0.3, 0.4) is 0 Å². The number of nitrogens with zero attached hydrogens (tertiary/aromatic N) is 3. The predicted molar refractivity (Wildman–Crippen MR) is 172 cm³/mol. The highest BCUT2D eigenvalue weighted by molar-refractivity contribution is 5.98. The Morgan fingerprint density at radius 1 is 1.13 bits per heavy atom. The average Bonchev–Trinajstić information content (AvgIpc) is 3.72. The first-order valence-corrected chi connectivity index (χ1v) is 16.8. The van der Waals surface area contributed by atoms with Crippen LogP contribution < -0.4 is 0 Å². The predicted octanol–water partition coefficient (Wildman–Crippen LogP) is 3.80. The first kappa shape index (κ1) is 33.9. The Kier molecular flexibility index (Phi) is 10.7. The molecule has 3 amide bonds. The van der Waals surface area contributed by atoms with Crippen LogP contribution in [0.2, 0.25) is 0 Å².